The SMILES string of the molecule is COc1ccccc1C1CC(=O)Nc2c1ncn2-c1ccccc1. The second kappa shape index (κ2) is 5.85. The van der Waals surface area contributed by atoms with E-state index in [4.69, 9.17) is 4.74 Å². The van der Waals surface area contributed by atoms with Crippen molar-refractivity contribution in [2.75, 3.05) is 12.4 Å². The number of hydrogen-bond donors (Lipinski definition) is 1. The van der Waals surface area contributed by atoms with E-state index in [1.165, 1.54) is 0 Å². The smallest absolute Gasteiger partial charge is 0.226 e. The number of aromatic nitrogens is 2. The molecule has 1 aliphatic heterocycles. The van der Waals surface area contributed by atoms with E-state index in [-0.39, 0.29) is 11.8 Å². The van der Waals surface area contributed by atoms with Crippen LogP contribution in [0.25, 0.3) is 5.69 Å². The van der Waals surface area contributed by atoms with Crippen LogP contribution in [0.15, 0.2) is 60.9 Å². The fourth-order valence-corrected chi connectivity index (χ4v) is 3.20. The molecular formula is C19H17N3O2. The molecule has 3 aromatic rings. The Hall–Kier alpha value is -3.08. The lowest BCUT2D eigenvalue weighted by Gasteiger charge is -2.24. The molecular weight excluding hydrogens is 302 g/mol. The van der Waals surface area contributed by atoms with Gasteiger partial charge < -0.3 is 10.1 Å². The molecule has 0 saturated carbocycles. The molecule has 4 rings (SSSR count). The van der Waals surface area contributed by atoms with Crippen LogP contribution in [0.5, 0.6) is 5.75 Å². The summed E-state index contributed by atoms with van der Waals surface area (Å²) in [5.74, 6) is 1.37. The molecule has 0 bridgehead atoms. The molecule has 5 nitrogen and oxygen atoms in total. The number of benzene rings is 2. The summed E-state index contributed by atoms with van der Waals surface area (Å²) in [4.78, 5) is 16.9. The largest absolute Gasteiger partial charge is 0.496 e. The van der Waals surface area contributed by atoms with Crippen LogP contribution in [0.4, 0.5) is 5.82 Å². The molecule has 0 aliphatic carbocycles. The van der Waals surface area contributed by atoms with Gasteiger partial charge in [-0.1, -0.05) is 36.4 Å². The first-order valence-corrected chi connectivity index (χ1v) is 7.83. The Kier molecular flexibility index (Phi) is 3.54. The highest BCUT2D eigenvalue weighted by molar-refractivity contribution is 5.94. The van der Waals surface area contributed by atoms with Crippen LogP contribution < -0.4 is 10.1 Å². The average molecular weight is 319 g/mol. The van der Waals surface area contributed by atoms with E-state index in [1.54, 1.807) is 13.4 Å². The second-order valence-electron chi connectivity index (χ2n) is 5.73. The van der Waals surface area contributed by atoms with Crippen LogP contribution in [0.3, 0.4) is 0 Å². The third kappa shape index (κ3) is 2.34. The zero-order valence-corrected chi connectivity index (χ0v) is 13.3. The number of nitrogens with one attached hydrogen (secondary N) is 1. The number of methoxy groups -OCH3 is 1. The summed E-state index contributed by atoms with van der Waals surface area (Å²) in [6, 6.07) is 17.6. The summed E-state index contributed by atoms with van der Waals surface area (Å²) < 4.78 is 7.39. The maximum absolute atomic E-state index is 12.3. The van der Waals surface area contributed by atoms with Crippen molar-refractivity contribution in [2.24, 2.45) is 0 Å². The number of anilines is 1. The molecule has 0 radical (unpaired) electrons. The number of imidazole rings is 1. The summed E-state index contributed by atoms with van der Waals surface area (Å²) in [5, 5.41) is 2.96. The Morgan fingerprint density at radius 1 is 1.12 bits per heavy atom. The van der Waals surface area contributed by atoms with Crippen molar-refractivity contribution in [3.05, 3.63) is 72.2 Å². The second-order valence-corrected chi connectivity index (χ2v) is 5.73. The van der Waals surface area contributed by atoms with Gasteiger partial charge in [0, 0.05) is 23.6 Å². The molecule has 5 heteroatoms. The van der Waals surface area contributed by atoms with Crippen LogP contribution in [0, 0.1) is 0 Å². The van der Waals surface area contributed by atoms with Gasteiger partial charge in [-0.15, -0.1) is 0 Å². The zero-order valence-electron chi connectivity index (χ0n) is 13.3. The summed E-state index contributed by atoms with van der Waals surface area (Å²) in [6.45, 7) is 0. The molecule has 1 unspecified atom stereocenters. The Morgan fingerprint density at radius 2 is 1.88 bits per heavy atom. The van der Waals surface area contributed by atoms with Crippen molar-refractivity contribution in [1.29, 1.82) is 0 Å². The van der Waals surface area contributed by atoms with Crippen LogP contribution in [0.1, 0.15) is 23.6 Å². The Labute approximate surface area is 139 Å². The Bertz CT molecular complexity index is 887. The van der Waals surface area contributed by atoms with E-state index in [0.29, 0.717) is 6.42 Å². The lowest BCUT2D eigenvalue weighted by Crippen LogP contribution is -2.25. The summed E-state index contributed by atoms with van der Waals surface area (Å²) in [5.41, 5.74) is 2.81. The molecule has 1 aromatic heterocycles. The van der Waals surface area contributed by atoms with E-state index >= 15 is 0 Å². The minimum absolute atomic E-state index is 0.0175. The van der Waals surface area contributed by atoms with Crippen molar-refractivity contribution >= 4 is 11.7 Å². The number of carbonyl (C=O) groups is 1. The quantitative estimate of drug-likeness (QED) is 0.805. The topological polar surface area (TPSA) is 56.1 Å². The Balaban J connectivity index is 1.84. The molecule has 1 amide bonds. The highest BCUT2D eigenvalue weighted by Gasteiger charge is 2.32. The van der Waals surface area contributed by atoms with E-state index in [9.17, 15) is 4.79 Å². The molecule has 0 saturated heterocycles. The highest BCUT2D eigenvalue weighted by atomic mass is 16.5. The zero-order chi connectivity index (χ0) is 16.5. The minimum Gasteiger partial charge on any atom is -0.496 e. The van der Waals surface area contributed by atoms with E-state index in [0.717, 1.165) is 28.5 Å². The number of fused-ring (bicyclic) bond motifs is 1. The van der Waals surface area contributed by atoms with Gasteiger partial charge in [0.1, 0.15) is 17.9 Å². The molecule has 1 atom stereocenters. The number of para-hydroxylation sites is 2. The van der Waals surface area contributed by atoms with Crippen LogP contribution in [0.2, 0.25) is 0 Å². The number of rotatable bonds is 3. The van der Waals surface area contributed by atoms with Gasteiger partial charge >= 0.3 is 0 Å². The summed E-state index contributed by atoms with van der Waals surface area (Å²) >= 11 is 0. The van der Waals surface area contributed by atoms with E-state index < -0.39 is 0 Å². The van der Waals surface area contributed by atoms with Crippen LogP contribution >= 0.6 is 0 Å². The molecule has 1 N–H and O–H groups in total. The standard InChI is InChI=1S/C19H17N3O2/c1-24-16-10-6-5-9-14(16)15-11-17(23)21-19-18(15)20-12-22(19)13-7-3-2-4-8-13/h2-10,12,15H,11H2,1H3,(H,21,23). The van der Waals surface area contributed by atoms with E-state index in [2.05, 4.69) is 10.3 Å². The minimum atomic E-state index is -0.116. The summed E-state index contributed by atoms with van der Waals surface area (Å²) in [7, 11) is 1.64. The monoisotopic (exact) mass is 319 g/mol. The molecule has 24 heavy (non-hydrogen) atoms. The molecule has 2 heterocycles. The number of ether oxygens (including phenoxy) is 1. The number of carbonyl (C=O) groups excluding carboxylic acids is 1. The lowest BCUT2D eigenvalue weighted by atomic mass is 9.89. The number of amides is 1. The highest BCUT2D eigenvalue weighted by Crippen LogP contribution is 2.40. The fraction of sp³-hybridized carbons (Fsp3) is 0.158. The van der Waals surface area contributed by atoms with Gasteiger partial charge in [0.25, 0.3) is 0 Å². The van der Waals surface area contributed by atoms with Crippen molar-refractivity contribution in [2.45, 2.75) is 12.3 Å². The van der Waals surface area contributed by atoms with Crippen LogP contribution in [-0.4, -0.2) is 22.6 Å². The maximum atomic E-state index is 12.3. The lowest BCUT2D eigenvalue weighted by molar-refractivity contribution is -0.116. The van der Waals surface area contributed by atoms with Gasteiger partial charge in [0.15, 0.2) is 0 Å². The van der Waals surface area contributed by atoms with E-state index in [1.807, 2.05) is 59.2 Å². The third-order valence-electron chi connectivity index (χ3n) is 4.32. The average Bonchev–Trinajstić information content (AvgIpc) is 3.05. The maximum Gasteiger partial charge on any atom is 0.226 e. The van der Waals surface area contributed by atoms with Gasteiger partial charge in [-0.2, -0.15) is 0 Å². The van der Waals surface area contributed by atoms with Crippen molar-refractivity contribution in [3.8, 4) is 11.4 Å². The van der Waals surface area contributed by atoms with Gasteiger partial charge in [-0.25, -0.2) is 4.98 Å². The van der Waals surface area contributed by atoms with Crippen molar-refractivity contribution in [3.63, 3.8) is 0 Å². The fourth-order valence-electron chi connectivity index (χ4n) is 3.20. The van der Waals surface area contributed by atoms with Crippen molar-refractivity contribution in [1.82, 2.24) is 9.55 Å². The predicted octanol–water partition coefficient (Wildman–Crippen LogP) is 3.36. The third-order valence-corrected chi connectivity index (χ3v) is 4.32. The molecule has 0 spiro atoms. The van der Waals surface area contributed by atoms with Gasteiger partial charge in [-0.05, 0) is 18.2 Å². The number of hydrogen-bond acceptors (Lipinski definition) is 3. The number of nitrogens with zero attached hydrogens (tertiary/aromatic N) is 2. The van der Waals surface area contributed by atoms with Gasteiger partial charge in [0.2, 0.25) is 5.91 Å². The van der Waals surface area contributed by atoms with Gasteiger partial charge in [0.05, 0.1) is 12.8 Å². The molecule has 1 aliphatic rings. The Morgan fingerprint density at radius 3 is 2.67 bits per heavy atom. The molecule has 120 valence electrons. The first-order chi connectivity index (χ1) is 11.8. The first kappa shape index (κ1) is 14.5. The normalized spacial score (nSPS) is 16.4. The van der Waals surface area contributed by atoms with Crippen molar-refractivity contribution < 1.29 is 9.53 Å². The summed E-state index contributed by atoms with van der Waals surface area (Å²) in [6.07, 6.45) is 2.12. The molecule has 2 aromatic carbocycles. The van der Waals surface area contributed by atoms with Gasteiger partial charge in [-0.3, -0.25) is 9.36 Å². The first-order valence-electron chi connectivity index (χ1n) is 7.83. The predicted molar refractivity (Wildman–Crippen MR) is 91.6 cm³/mol. The van der Waals surface area contributed by atoms with Crippen LogP contribution in [-0.2, 0) is 4.79 Å². The molecule has 0 fully saturated rings.